The van der Waals surface area contributed by atoms with Gasteiger partial charge in [-0.2, -0.15) is 0 Å². The van der Waals surface area contributed by atoms with Crippen LogP contribution in [0.25, 0.3) is 10.4 Å². The molecule has 1 aliphatic carbocycles. The van der Waals surface area contributed by atoms with Gasteiger partial charge in [0, 0.05) is 30.6 Å². The summed E-state index contributed by atoms with van der Waals surface area (Å²) in [5, 5.41) is 9.10. The number of aromatic carboxylic acids is 1. The fraction of sp³-hybridized carbons (Fsp3) is 0.320. The molecule has 3 aromatic rings. The summed E-state index contributed by atoms with van der Waals surface area (Å²) in [6, 6.07) is 11.6. The zero-order chi connectivity index (χ0) is 24.7. The number of carboxylic acid groups (broad SMARTS) is 1. The molecule has 0 radical (unpaired) electrons. The maximum absolute atomic E-state index is 13.5. The van der Waals surface area contributed by atoms with Crippen LogP contribution in [-0.2, 0) is 6.42 Å². The summed E-state index contributed by atoms with van der Waals surface area (Å²) in [4.78, 5) is 30.4. The van der Waals surface area contributed by atoms with Gasteiger partial charge in [0.1, 0.15) is 17.3 Å². The standard InChI is InChI=1S/C16H17FN4OS.C9H8O3/c17-10-3-1-2-8(4-10)14-13(20-16(19)23-14)15(22)21-11(7-18)5-9-6-12(9)21;10-9(11)7-2-1-3-8-6(7)4-5-12-8/h1-4,9,11-12H,5-7,18H2,(H2,19,20);1-3H,4-5H2,(H,10,11)/t9-,11+,12+;/m1./s1. The van der Waals surface area contributed by atoms with Crippen molar-refractivity contribution in [1.29, 1.82) is 0 Å². The number of carbonyl (C=O) groups is 2. The number of thiazole rings is 1. The van der Waals surface area contributed by atoms with Crippen molar-refractivity contribution in [3.8, 4) is 16.2 Å². The third-order valence-corrected chi connectivity index (χ3v) is 7.56. The largest absolute Gasteiger partial charge is 0.493 e. The number of likely N-dealkylation sites (tertiary alicyclic amines) is 1. The molecule has 8 nitrogen and oxygen atoms in total. The lowest BCUT2D eigenvalue weighted by molar-refractivity contribution is 0.0689. The van der Waals surface area contributed by atoms with Gasteiger partial charge in [-0.15, -0.1) is 0 Å². The summed E-state index contributed by atoms with van der Waals surface area (Å²) in [5.41, 5.74) is 13.8. The van der Waals surface area contributed by atoms with Crippen molar-refractivity contribution in [3.05, 3.63) is 65.1 Å². The number of ether oxygens (including phenoxy) is 1. The zero-order valence-corrected chi connectivity index (χ0v) is 19.6. The summed E-state index contributed by atoms with van der Waals surface area (Å²) in [5.74, 6) is -0.0813. The molecule has 10 heteroatoms. The summed E-state index contributed by atoms with van der Waals surface area (Å²) >= 11 is 1.21. The van der Waals surface area contributed by atoms with Gasteiger partial charge in [-0.1, -0.05) is 29.5 Å². The molecule has 182 valence electrons. The molecule has 3 heterocycles. The van der Waals surface area contributed by atoms with Crippen LogP contribution in [0.4, 0.5) is 9.52 Å². The molecule has 2 aliphatic heterocycles. The van der Waals surface area contributed by atoms with Gasteiger partial charge in [-0.3, -0.25) is 4.79 Å². The highest BCUT2D eigenvalue weighted by molar-refractivity contribution is 7.19. The Morgan fingerprint density at radius 3 is 2.77 bits per heavy atom. The van der Waals surface area contributed by atoms with Crippen LogP contribution >= 0.6 is 11.3 Å². The summed E-state index contributed by atoms with van der Waals surface area (Å²) in [6.45, 7) is 1.05. The molecule has 6 rings (SSSR count). The van der Waals surface area contributed by atoms with E-state index in [2.05, 4.69) is 4.98 Å². The predicted octanol–water partition coefficient (Wildman–Crippen LogP) is 3.41. The number of nitrogens with two attached hydrogens (primary N) is 2. The molecule has 0 spiro atoms. The van der Waals surface area contributed by atoms with E-state index >= 15 is 0 Å². The molecule has 1 amide bonds. The Labute approximate surface area is 205 Å². The number of rotatable bonds is 4. The lowest BCUT2D eigenvalue weighted by Gasteiger charge is -2.26. The van der Waals surface area contributed by atoms with Crippen molar-refractivity contribution < 1.29 is 23.8 Å². The maximum atomic E-state index is 13.5. The first-order valence-electron chi connectivity index (χ1n) is 11.4. The molecule has 35 heavy (non-hydrogen) atoms. The number of hydrogen-bond donors (Lipinski definition) is 3. The molecule has 1 aromatic heterocycles. The number of amides is 1. The van der Waals surface area contributed by atoms with Gasteiger partial charge in [0.05, 0.1) is 17.0 Å². The van der Waals surface area contributed by atoms with Crippen LogP contribution in [0.5, 0.6) is 5.75 Å². The molecular formula is C25H25FN4O4S. The molecular weight excluding hydrogens is 471 g/mol. The zero-order valence-electron chi connectivity index (χ0n) is 18.8. The number of hydrogen-bond acceptors (Lipinski definition) is 7. The topological polar surface area (TPSA) is 132 Å². The van der Waals surface area contributed by atoms with E-state index in [1.807, 2.05) is 4.90 Å². The molecule has 0 unspecified atom stereocenters. The van der Waals surface area contributed by atoms with E-state index < -0.39 is 5.97 Å². The molecule has 2 fully saturated rings. The van der Waals surface area contributed by atoms with Gasteiger partial charge in [0.2, 0.25) is 0 Å². The molecule has 2 aromatic carbocycles. The minimum atomic E-state index is -0.877. The molecule has 5 N–H and O–H groups in total. The normalized spacial score (nSPS) is 21.4. The number of benzene rings is 2. The predicted molar refractivity (Wildman–Crippen MR) is 130 cm³/mol. The third-order valence-electron chi connectivity index (χ3n) is 6.62. The van der Waals surface area contributed by atoms with Gasteiger partial charge in [0.25, 0.3) is 5.91 Å². The van der Waals surface area contributed by atoms with E-state index in [4.69, 9.17) is 21.3 Å². The highest BCUT2D eigenvalue weighted by atomic mass is 32.1. The number of carboxylic acids is 1. The summed E-state index contributed by atoms with van der Waals surface area (Å²) in [7, 11) is 0. The number of aromatic nitrogens is 1. The van der Waals surface area contributed by atoms with Gasteiger partial charge in [0.15, 0.2) is 5.13 Å². The SMILES string of the molecule is NC[C@@H]1C[C@@H]2C[C@@H]2N1C(=O)c1nc(N)sc1-c1cccc(F)c1.O=C(O)c1cccc2c1CCO2. The minimum absolute atomic E-state index is 0.0644. The van der Waals surface area contributed by atoms with Crippen LogP contribution in [0.1, 0.15) is 39.3 Å². The smallest absolute Gasteiger partial charge is 0.336 e. The van der Waals surface area contributed by atoms with Crippen LogP contribution in [0.2, 0.25) is 0 Å². The highest BCUT2D eigenvalue weighted by Gasteiger charge is 2.54. The van der Waals surface area contributed by atoms with E-state index in [1.165, 1.54) is 23.5 Å². The van der Waals surface area contributed by atoms with E-state index in [0.29, 0.717) is 52.3 Å². The summed E-state index contributed by atoms with van der Waals surface area (Å²) < 4.78 is 18.7. The summed E-state index contributed by atoms with van der Waals surface area (Å²) in [6.07, 6.45) is 2.71. The first kappa shape index (κ1) is 23.3. The van der Waals surface area contributed by atoms with Crippen LogP contribution < -0.4 is 16.2 Å². The number of nitrogens with zero attached hydrogens (tertiary/aromatic N) is 2. The Morgan fingerprint density at radius 1 is 1.23 bits per heavy atom. The number of halogens is 1. The van der Waals surface area contributed by atoms with Crippen molar-refractivity contribution in [2.45, 2.75) is 31.3 Å². The van der Waals surface area contributed by atoms with Gasteiger partial charge < -0.3 is 26.2 Å². The van der Waals surface area contributed by atoms with Gasteiger partial charge in [-0.05, 0) is 48.6 Å². The van der Waals surface area contributed by atoms with Gasteiger partial charge in [-0.25, -0.2) is 14.2 Å². The van der Waals surface area contributed by atoms with Gasteiger partial charge >= 0.3 is 5.97 Å². The van der Waals surface area contributed by atoms with Crippen molar-refractivity contribution in [2.24, 2.45) is 11.7 Å². The van der Waals surface area contributed by atoms with Crippen LogP contribution in [0, 0.1) is 11.7 Å². The highest BCUT2D eigenvalue weighted by Crippen LogP contribution is 2.48. The van der Waals surface area contributed by atoms with Crippen molar-refractivity contribution >= 4 is 28.3 Å². The molecule has 3 atom stereocenters. The monoisotopic (exact) mass is 496 g/mol. The fourth-order valence-corrected chi connectivity index (χ4v) is 5.76. The molecule has 3 aliphatic rings. The lowest BCUT2D eigenvalue weighted by Crippen LogP contribution is -2.42. The third kappa shape index (κ3) is 4.46. The Bertz CT molecular complexity index is 1300. The first-order valence-corrected chi connectivity index (χ1v) is 12.2. The van der Waals surface area contributed by atoms with Crippen molar-refractivity contribution in [3.63, 3.8) is 0 Å². The van der Waals surface area contributed by atoms with E-state index in [1.54, 1.807) is 30.3 Å². The van der Waals surface area contributed by atoms with E-state index in [-0.39, 0.29) is 23.8 Å². The fourth-order valence-electron chi connectivity index (χ4n) is 4.94. The average Bonchev–Trinajstić information content (AvgIpc) is 3.19. The molecule has 1 saturated carbocycles. The second-order valence-corrected chi connectivity index (χ2v) is 9.86. The quantitative estimate of drug-likeness (QED) is 0.504. The van der Waals surface area contributed by atoms with E-state index in [0.717, 1.165) is 24.2 Å². The Balaban J connectivity index is 0.000000178. The second-order valence-electron chi connectivity index (χ2n) is 8.83. The Kier molecular flexibility index (Phi) is 6.16. The van der Waals surface area contributed by atoms with Crippen LogP contribution in [0.15, 0.2) is 42.5 Å². The molecule has 1 saturated heterocycles. The molecule has 0 bridgehead atoms. The number of carbonyl (C=O) groups excluding carboxylic acids is 1. The van der Waals surface area contributed by atoms with Crippen LogP contribution in [-0.4, -0.2) is 52.1 Å². The average molecular weight is 497 g/mol. The number of anilines is 1. The number of piperidine rings is 1. The minimum Gasteiger partial charge on any atom is -0.493 e. The van der Waals surface area contributed by atoms with Crippen molar-refractivity contribution in [2.75, 3.05) is 18.9 Å². The van der Waals surface area contributed by atoms with Crippen molar-refractivity contribution in [1.82, 2.24) is 9.88 Å². The Morgan fingerprint density at radius 2 is 2.03 bits per heavy atom. The second kappa shape index (κ2) is 9.27. The van der Waals surface area contributed by atoms with Crippen LogP contribution in [0.3, 0.4) is 0 Å². The first-order chi connectivity index (χ1) is 16.9. The lowest BCUT2D eigenvalue weighted by atomic mass is 10.1. The Hall–Kier alpha value is -3.50. The number of fused-ring (bicyclic) bond motifs is 2. The maximum Gasteiger partial charge on any atom is 0.336 e. The van der Waals surface area contributed by atoms with E-state index in [9.17, 15) is 14.0 Å². The number of nitrogen functional groups attached to an aromatic ring is 1.